The largest absolute Gasteiger partial charge is 0.451 e. The van der Waals surface area contributed by atoms with Gasteiger partial charge in [0.25, 0.3) is 11.5 Å². The molecule has 0 aliphatic heterocycles. The number of furan rings is 1. The maximum atomic E-state index is 12.2. The number of nitrogens with zero attached hydrogens (tertiary/aromatic N) is 1. The van der Waals surface area contributed by atoms with E-state index in [1.165, 1.54) is 16.8 Å². The van der Waals surface area contributed by atoms with Crippen molar-refractivity contribution in [2.75, 3.05) is 0 Å². The molecule has 2 amide bonds. The van der Waals surface area contributed by atoms with Crippen LogP contribution in [0.4, 0.5) is 0 Å². The molecule has 0 saturated heterocycles. The van der Waals surface area contributed by atoms with Crippen molar-refractivity contribution < 1.29 is 14.0 Å². The molecule has 0 fully saturated rings. The Morgan fingerprint density at radius 2 is 2.00 bits per heavy atom. The number of carbonyl (C=O) groups excluding carboxylic acids is 2. The van der Waals surface area contributed by atoms with E-state index in [1.54, 1.807) is 37.3 Å². The van der Waals surface area contributed by atoms with Gasteiger partial charge in [0.2, 0.25) is 0 Å². The molecular formula is C17H14ClN3O4. The van der Waals surface area contributed by atoms with E-state index in [-0.39, 0.29) is 17.9 Å². The molecule has 2 heterocycles. The highest BCUT2D eigenvalue weighted by Crippen LogP contribution is 2.27. The highest BCUT2D eigenvalue weighted by molar-refractivity contribution is 6.31. The highest BCUT2D eigenvalue weighted by Gasteiger charge is 2.18. The number of amides is 2. The number of aromatic nitrogens is 1. The number of benzene rings is 1. The zero-order chi connectivity index (χ0) is 18.0. The van der Waals surface area contributed by atoms with Crippen molar-refractivity contribution in [3.63, 3.8) is 0 Å². The number of pyridine rings is 1. The fraction of sp³-hybridized carbons (Fsp3) is 0.118. The summed E-state index contributed by atoms with van der Waals surface area (Å²) in [5.41, 5.74) is 5.36. The Morgan fingerprint density at radius 1 is 1.20 bits per heavy atom. The Hall–Kier alpha value is -3.06. The molecule has 3 rings (SSSR count). The first-order valence-electron chi connectivity index (χ1n) is 7.39. The van der Waals surface area contributed by atoms with Gasteiger partial charge in [-0.2, -0.15) is 0 Å². The van der Waals surface area contributed by atoms with Gasteiger partial charge in [-0.15, -0.1) is 0 Å². The van der Waals surface area contributed by atoms with Crippen LogP contribution in [0.1, 0.15) is 16.1 Å². The quantitative estimate of drug-likeness (QED) is 0.700. The molecule has 0 bridgehead atoms. The summed E-state index contributed by atoms with van der Waals surface area (Å²) in [5, 5.41) is 1.25. The fourth-order valence-corrected chi connectivity index (χ4v) is 2.55. The normalized spacial score (nSPS) is 10.6. The van der Waals surface area contributed by atoms with Crippen LogP contribution >= 0.6 is 11.6 Å². The lowest BCUT2D eigenvalue weighted by molar-refractivity contribution is -0.122. The van der Waals surface area contributed by atoms with Crippen LogP contribution in [-0.4, -0.2) is 16.4 Å². The first-order valence-corrected chi connectivity index (χ1v) is 7.77. The molecule has 0 spiro atoms. The van der Waals surface area contributed by atoms with E-state index in [0.717, 1.165) is 5.39 Å². The SMILES string of the molecule is Cc1c(C(=O)NNC(=O)Cn2ccccc2=O)oc2ccc(Cl)cc12. The molecule has 7 nitrogen and oxygen atoms in total. The lowest BCUT2D eigenvalue weighted by Crippen LogP contribution is -2.44. The molecule has 2 N–H and O–H groups in total. The second kappa shape index (κ2) is 6.82. The molecule has 2 aromatic heterocycles. The number of rotatable bonds is 3. The van der Waals surface area contributed by atoms with Crippen molar-refractivity contribution >= 4 is 34.4 Å². The molecule has 1 aromatic carbocycles. The van der Waals surface area contributed by atoms with Crippen molar-refractivity contribution in [2.24, 2.45) is 0 Å². The summed E-state index contributed by atoms with van der Waals surface area (Å²) >= 11 is 5.94. The van der Waals surface area contributed by atoms with Crippen molar-refractivity contribution in [1.29, 1.82) is 0 Å². The van der Waals surface area contributed by atoms with E-state index in [0.29, 0.717) is 16.2 Å². The van der Waals surface area contributed by atoms with Gasteiger partial charge in [-0.1, -0.05) is 17.7 Å². The molecule has 8 heteroatoms. The standard InChI is InChI=1S/C17H14ClN3O4/c1-10-12-8-11(18)5-6-13(12)25-16(10)17(24)20-19-14(22)9-21-7-3-2-4-15(21)23/h2-8H,9H2,1H3,(H,19,22)(H,20,24). The van der Waals surface area contributed by atoms with E-state index in [4.69, 9.17) is 16.0 Å². The number of nitrogens with one attached hydrogen (secondary N) is 2. The predicted octanol–water partition coefficient (Wildman–Crippen LogP) is 2.02. The molecule has 128 valence electrons. The van der Waals surface area contributed by atoms with Gasteiger partial charge in [-0.05, 0) is 31.2 Å². The summed E-state index contributed by atoms with van der Waals surface area (Å²) < 4.78 is 6.73. The average molecular weight is 360 g/mol. The third-order valence-electron chi connectivity index (χ3n) is 3.63. The first-order chi connectivity index (χ1) is 12.0. The zero-order valence-corrected chi connectivity index (χ0v) is 14.0. The van der Waals surface area contributed by atoms with Crippen LogP contribution in [0, 0.1) is 6.92 Å². The topological polar surface area (TPSA) is 93.3 Å². The van der Waals surface area contributed by atoms with E-state index in [2.05, 4.69) is 10.9 Å². The molecule has 0 unspecified atom stereocenters. The third-order valence-corrected chi connectivity index (χ3v) is 3.87. The minimum absolute atomic E-state index is 0.0782. The Labute approximate surface area is 147 Å². The number of hydrogen-bond donors (Lipinski definition) is 2. The fourth-order valence-electron chi connectivity index (χ4n) is 2.38. The maximum Gasteiger partial charge on any atom is 0.305 e. The summed E-state index contributed by atoms with van der Waals surface area (Å²) in [7, 11) is 0. The van der Waals surface area contributed by atoms with Gasteiger partial charge in [-0.3, -0.25) is 25.2 Å². The third kappa shape index (κ3) is 3.56. The minimum atomic E-state index is -0.599. The van der Waals surface area contributed by atoms with E-state index in [1.807, 2.05) is 0 Å². The van der Waals surface area contributed by atoms with Crippen LogP contribution in [0.3, 0.4) is 0 Å². The monoisotopic (exact) mass is 359 g/mol. The maximum absolute atomic E-state index is 12.2. The number of aryl methyl sites for hydroxylation is 1. The number of hydrazine groups is 1. The lowest BCUT2D eigenvalue weighted by Gasteiger charge is -2.07. The molecule has 0 aliphatic carbocycles. The second-order valence-corrected chi connectivity index (χ2v) is 5.80. The van der Waals surface area contributed by atoms with Gasteiger partial charge in [0.1, 0.15) is 12.1 Å². The second-order valence-electron chi connectivity index (χ2n) is 5.37. The van der Waals surface area contributed by atoms with Crippen LogP contribution in [0.15, 0.2) is 51.8 Å². The van der Waals surface area contributed by atoms with Gasteiger partial charge in [-0.25, -0.2) is 0 Å². The number of halogens is 1. The highest BCUT2D eigenvalue weighted by atomic mass is 35.5. The summed E-state index contributed by atoms with van der Waals surface area (Å²) in [6.45, 7) is 1.51. The lowest BCUT2D eigenvalue weighted by atomic mass is 10.1. The number of fused-ring (bicyclic) bond motifs is 1. The molecule has 0 saturated carbocycles. The van der Waals surface area contributed by atoms with Crippen molar-refractivity contribution in [3.05, 3.63) is 69.3 Å². The van der Waals surface area contributed by atoms with Gasteiger partial charge in [0.05, 0.1) is 0 Å². The molecule has 0 aliphatic rings. The first kappa shape index (κ1) is 16.8. The van der Waals surface area contributed by atoms with Crippen LogP contribution in [0.2, 0.25) is 5.02 Å². The Kier molecular flexibility index (Phi) is 4.58. The van der Waals surface area contributed by atoms with Crippen LogP contribution in [0.25, 0.3) is 11.0 Å². The van der Waals surface area contributed by atoms with Gasteiger partial charge >= 0.3 is 5.91 Å². The summed E-state index contributed by atoms with van der Waals surface area (Å²) in [6, 6.07) is 9.59. The Balaban J connectivity index is 1.68. The Bertz CT molecular complexity index is 1020. The van der Waals surface area contributed by atoms with E-state index < -0.39 is 11.8 Å². The van der Waals surface area contributed by atoms with Gasteiger partial charge < -0.3 is 8.98 Å². The predicted molar refractivity (Wildman–Crippen MR) is 92.3 cm³/mol. The van der Waals surface area contributed by atoms with Crippen LogP contribution in [-0.2, 0) is 11.3 Å². The number of carbonyl (C=O) groups is 2. The summed E-state index contributed by atoms with van der Waals surface area (Å²) in [4.78, 5) is 35.6. The van der Waals surface area contributed by atoms with Crippen molar-refractivity contribution in [3.8, 4) is 0 Å². The zero-order valence-electron chi connectivity index (χ0n) is 13.2. The van der Waals surface area contributed by atoms with Crippen molar-refractivity contribution in [1.82, 2.24) is 15.4 Å². The summed E-state index contributed by atoms with van der Waals surface area (Å²) in [5.74, 6) is -1.06. The van der Waals surface area contributed by atoms with E-state index in [9.17, 15) is 14.4 Å². The molecule has 3 aromatic rings. The Morgan fingerprint density at radius 3 is 2.76 bits per heavy atom. The van der Waals surface area contributed by atoms with E-state index >= 15 is 0 Å². The smallest absolute Gasteiger partial charge is 0.305 e. The summed E-state index contributed by atoms with van der Waals surface area (Å²) in [6.07, 6.45) is 1.48. The van der Waals surface area contributed by atoms with Crippen LogP contribution < -0.4 is 16.4 Å². The van der Waals surface area contributed by atoms with Gasteiger partial charge in [0, 0.05) is 28.2 Å². The average Bonchev–Trinajstić information content (AvgIpc) is 2.91. The molecular weight excluding hydrogens is 346 g/mol. The van der Waals surface area contributed by atoms with Gasteiger partial charge in [0.15, 0.2) is 5.76 Å². The number of hydrogen-bond acceptors (Lipinski definition) is 4. The van der Waals surface area contributed by atoms with Crippen LogP contribution in [0.5, 0.6) is 0 Å². The minimum Gasteiger partial charge on any atom is -0.451 e. The molecule has 0 atom stereocenters. The molecule has 25 heavy (non-hydrogen) atoms. The van der Waals surface area contributed by atoms with Crippen molar-refractivity contribution in [2.45, 2.75) is 13.5 Å². The molecule has 0 radical (unpaired) electrons.